The molecule has 2 N–H and O–H groups in total. The highest BCUT2D eigenvalue weighted by Gasteiger charge is 2.38. The van der Waals surface area contributed by atoms with Crippen LogP contribution < -0.4 is 10.6 Å². The van der Waals surface area contributed by atoms with Crippen molar-refractivity contribution in [2.75, 3.05) is 25.0 Å². The number of pyridine rings is 1. The molecule has 2 aromatic rings. The van der Waals surface area contributed by atoms with Crippen LogP contribution in [-0.4, -0.2) is 41.3 Å². The topological polar surface area (TPSA) is 57.3 Å². The molecule has 2 aliphatic heterocycles. The van der Waals surface area contributed by atoms with Gasteiger partial charge in [0.05, 0.1) is 6.54 Å². The predicted molar refractivity (Wildman–Crippen MR) is 162 cm³/mol. The van der Waals surface area contributed by atoms with Crippen LogP contribution >= 0.6 is 0 Å². The summed E-state index contributed by atoms with van der Waals surface area (Å²) in [4.78, 5) is 19.9. The zero-order chi connectivity index (χ0) is 29.3. The SMILES string of the molecule is CC1=C(C(=O)NC2=CCC(C)=C([C@@H](C)C(C)C)C=C2)c2cc(-c3cncc(CN4CCC(F)(F)C4)c3)ccc2NC1. The quantitative estimate of drug-likeness (QED) is 0.373. The number of nitrogens with one attached hydrogen (secondary N) is 2. The van der Waals surface area contributed by atoms with Gasteiger partial charge in [-0.3, -0.25) is 14.7 Å². The molecule has 1 fully saturated rings. The lowest BCUT2D eigenvalue weighted by Crippen LogP contribution is -2.27. The van der Waals surface area contributed by atoms with Crippen LogP contribution in [0.1, 0.15) is 58.6 Å². The maximum atomic E-state index is 13.7. The number of alkyl halides is 2. The fraction of sp³-hybridized carbons (Fsp3) is 0.412. The lowest BCUT2D eigenvalue weighted by molar-refractivity contribution is -0.114. The molecule has 7 heteroatoms. The third kappa shape index (κ3) is 6.51. The molecule has 1 aromatic heterocycles. The van der Waals surface area contributed by atoms with Gasteiger partial charge in [0, 0.05) is 66.5 Å². The number of halogens is 2. The number of aromatic nitrogens is 1. The summed E-state index contributed by atoms with van der Waals surface area (Å²) in [5.74, 6) is -1.77. The van der Waals surface area contributed by atoms with Gasteiger partial charge in [-0.2, -0.15) is 0 Å². The predicted octanol–water partition coefficient (Wildman–Crippen LogP) is 7.36. The van der Waals surface area contributed by atoms with E-state index in [1.807, 2.05) is 37.3 Å². The minimum atomic E-state index is -2.62. The van der Waals surface area contributed by atoms with Gasteiger partial charge in [-0.1, -0.05) is 44.6 Å². The van der Waals surface area contributed by atoms with Crippen LogP contribution in [-0.2, 0) is 11.3 Å². The Balaban J connectivity index is 1.37. The third-order valence-corrected chi connectivity index (χ3v) is 8.58. The maximum absolute atomic E-state index is 13.7. The summed E-state index contributed by atoms with van der Waals surface area (Å²) in [5, 5.41) is 6.59. The molecule has 0 unspecified atom stereocenters. The smallest absolute Gasteiger partial charge is 0.261 e. The zero-order valence-corrected chi connectivity index (χ0v) is 24.7. The molecule has 3 heterocycles. The van der Waals surface area contributed by atoms with E-state index in [1.54, 1.807) is 17.3 Å². The number of nitrogens with zero attached hydrogens (tertiary/aromatic N) is 2. The van der Waals surface area contributed by atoms with Gasteiger partial charge in [-0.15, -0.1) is 0 Å². The van der Waals surface area contributed by atoms with E-state index >= 15 is 0 Å². The van der Waals surface area contributed by atoms with Gasteiger partial charge in [0.25, 0.3) is 11.8 Å². The Morgan fingerprint density at radius 2 is 1.90 bits per heavy atom. The van der Waals surface area contributed by atoms with Gasteiger partial charge in [0.15, 0.2) is 0 Å². The number of fused-ring (bicyclic) bond motifs is 1. The van der Waals surface area contributed by atoms with Crippen LogP contribution in [0.5, 0.6) is 0 Å². The molecule has 1 aliphatic carbocycles. The van der Waals surface area contributed by atoms with E-state index in [2.05, 4.69) is 55.5 Å². The van der Waals surface area contributed by atoms with Crippen molar-refractivity contribution >= 4 is 17.2 Å². The molecule has 0 bridgehead atoms. The van der Waals surface area contributed by atoms with Gasteiger partial charge in [-0.25, -0.2) is 8.78 Å². The zero-order valence-electron chi connectivity index (χ0n) is 24.7. The summed E-state index contributed by atoms with van der Waals surface area (Å²) >= 11 is 0. The van der Waals surface area contributed by atoms with Crippen LogP contribution in [0.15, 0.2) is 77.3 Å². The van der Waals surface area contributed by atoms with Crippen molar-refractivity contribution in [3.8, 4) is 11.1 Å². The number of anilines is 1. The van der Waals surface area contributed by atoms with E-state index in [9.17, 15) is 13.6 Å². The minimum Gasteiger partial charge on any atom is -0.381 e. The number of hydrogen-bond donors (Lipinski definition) is 2. The molecule has 1 atom stereocenters. The number of likely N-dealkylation sites (tertiary alicyclic amines) is 1. The van der Waals surface area contributed by atoms with Gasteiger partial charge >= 0.3 is 0 Å². The van der Waals surface area contributed by atoms with E-state index in [4.69, 9.17) is 0 Å². The Morgan fingerprint density at radius 1 is 1.10 bits per heavy atom. The number of amides is 1. The lowest BCUT2D eigenvalue weighted by Gasteiger charge is -2.24. The molecule has 3 aliphatic rings. The Kier molecular flexibility index (Phi) is 8.28. The second-order valence-electron chi connectivity index (χ2n) is 12.1. The maximum Gasteiger partial charge on any atom is 0.261 e. The lowest BCUT2D eigenvalue weighted by atomic mass is 9.86. The van der Waals surface area contributed by atoms with Crippen molar-refractivity contribution in [2.24, 2.45) is 11.8 Å². The van der Waals surface area contributed by atoms with Crippen molar-refractivity contribution in [3.05, 3.63) is 88.4 Å². The molecular formula is C34H40F2N4O. The molecule has 0 saturated carbocycles. The summed E-state index contributed by atoms with van der Waals surface area (Å²) < 4.78 is 27.4. The third-order valence-electron chi connectivity index (χ3n) is 8.58. The summed E-state index contributed by atoms with van der Waals surface area (Å²) in [6.07, 6.45) is 10.5. The summed E-state index contributed by atoms with van der Waals surface area (Å²) in [5.41, 5.74) is 9.56. The number of carbonyl (C=O) groups is 1. The highest BCUT2D eigenvalue weighted by atomic mass is 19.3. The summed E-state index contributed by atoms with van der Waals surface area (Å²) in [7, 11) is 0. The van der Waals surface area contributed by atoms with Crippen molar-refractivity contribution in [1.29, 1.82) is 0 Å². The van der Waals surface area contributed by atoms with Crippen LogP contribution in [0.3, 0.4) is 0 Å². The molecule has 1 amide bonds. The first-order chi connectivity index (χ1) is 19.5. The normalized spacial score (nSPS) is 19.6. The molecule has 0 radical (unpaired) electrons. The standard InChI is InChI=1S/C34H40F2N4O/c1-21(2)24(5)29-10-9-28(8-6-22(29)3)39-33(41)32-23(4)16-38-31-11-7-26(15-30(31)32)27-14-25(17-37-18-27)19-40-13-12-34(35,36)20-40/h7-11,14-15,17-18,21,24,38H,6,12-13,16,19-20H2,1-5H3,(H,39,41)/t24-/m0/s1. The first kappa shape index (κ1) is 28.9. The van der Waals surface area contributed by atoms with Crippen LogP contribution in [0.4, 0.5) is 14.5 Å². The van der Waals surface area contributed by atoms with Gasteiger partial charge in [0.2, 0.25) is 0 Å². The van der Waals surface area contributed by atoms with Crippen molar-refractivity contribution in [2.45, 2.75) is 59.9 Å². The largest absolute Gasteiger partial charge is 0.381 e. The summed E-state index contributed by atoms with van der Waals surface area (Å²) in [6, 6.07) is 8.03. The first-order valence-corrected chi connectivity index (χ1v) is 14.5. The minimum absolute atomic E-state index is 0.102. The molecular weight excluding hydrogens is 518 g/mol. The number of hydrogen-bond acceptors (Lipinski definition) is 4. The monoisotopic (exact) mass is 558 g/mol. The van der Waals surface area contributed by atoms with Crippen LogP contribution in [0.2, 0.25) is 0 Å². The Labute approximate surface area is 242 Å². The number of allylic oxidation sites excluding steroid dienone is 5. The average molecular weight is 559 g/mol. The molecule has 5 nitrogen and oxygen atoms in total. The fourth-order valence-electron chi connectivity index (χ4n) is 5.84. The molecule has 41 heavy (non-hydrogen) atoms. The number of carbonyl (C=O) groups excluding carboxylic acids is 1. The van der Waals surface area contributed by atoms with E-state index in [1.165, 1.54) is 11.1 Å². The second-order valence-corrected chi connectivity index (χ2v) is 12.1. The Morgan fingerprint density at radius 3 is 2.63 bits per heavy atom. The van der Waals surface area contributed by atoms with Crippen molar-refractivity contribution < 1.29 is 13.6 Å². The molecule has 5 rings (SSSR count). The first-order valence-electron chi connectivity index (χ1n) is 14.5. The van der Waals surface area contributed by atoms with Gasteiger partial charge in [0.1, 0.15) is 0 Å². The van der Waals surface area contributed by atoms with Crippen LogP contribution in [0.25, 0.3) is 16.7 Å². The molecule has 216 valence electrons. The Hall–Kier alpha value is -3.58. The highest BCUT2D eigenvalue weighted by Crippen LogP contribution is 2.36. The van der Waals surface area contributed by atoms with E-state index in [0.717, 1.165) is 45.6 Å². The Bertz CT molecular complexity index is 1470. The van der Waals surface area contributed by atoms with Gasteiger partial charge < -0.3 is 10.6 Å². The van der Waals surface area contributed by atoms with Crippen LogP contribution in [0, 0.1) is 11.8 Å². The summed E-state index contributed by atoms with van der Waals surface area (Å²) in [6.45, 7) is 12.1. The number of rotatable bonds is 7. The van der Waals surface area contributed by atoms with Crippen molar-refractivity contribution in [3.63, 3.8) is 0 Å². The van der Waals surface area contributed by atoms with E-state index in [-0.39, 0.29) is 18.9 Å². The van der Waals surface area contributed by atoms with E-state index < -0.39 is 5.92 Å². The molecule has 1 aromatic carbocycles. The van der Waals surface area contributed by atoms with Gasteiger partial charge in [-0.05, 0) is 78.7 Å². The molecule has 0 spiro atoms. The van der Waals surface area contributed by atoms with Crippen molar-refractivity contribution in [1.82, 2.24) is 15.2 Å². The average Bonchev–Trinajstić information content (AvgIpc) is 3.17. The van der Waals surface area contributed by atoms with E-state index in [0.29, 0.717) is 37.0 Å². The molecule has 1 saturated heterocycles. The highest BCUT2D eigenvalue weighted by molar-refractivity contribution is 6.23. The number of benzene rings is 1. The second kappa shape index (κ2) is 11.7. The fourth-order valence-corrected chi connectivity index (χ4v) is 5.84.